The average Bonchev–Trinajstić information content (AvgIpc) is 3.07. The Bertz CT molecular complexity index is 1050. The van der Waals surface area contributed by atoms with Gasteiger partial charge in [0.15, 0.2) is 0 Å². The maximum Gasteiger partial charge on any atom is 0.410 e. The van der Waals surface area contributed by atoms with Crippen LogP contribution in [0.15, 0.2) is 30.5 Å². The van der Waals surface area contributed by atoms with E-state index in [-0.39, 0.29) is 12.1 Å². The molecule has 1 aromatic carbocycles. The number of ether oxygens (including phenoxy) is 1. The molecule has 0 spiro atoms. The number of aliphatic hydroxyl groups is 1. The van der Waals surface area contributed by atoms with Crippen molar-refractivity contribution in [1.29, 1.82) is 0 Å². The minimum atomic E-state index is -0.724. The van der Waals surface area contributed by atoms with Crippen molar-refractivity contribution >= 4 is 28.0 Å². The lowest BCUT2D eigenvalue weighted by atomic mass is 10.0. The van der Waals surface area contributed by atoms with Gasteiger partial charge in [-0.05, 0) is 46.6 Å². The highest BCUT2D eigenvalue weighted by Gasteiger charge is 2.31. The molecule has 1 amide bonds. The van der Waals surface area contributed by atoms with Gasteiger partial charge in [-0.15, -0.1) is 0 Å². The molecule has 3 heterocycles. The van der Waals surface area contributed by atoms with Gasteiger partial charge in [-0.1, -0.05) is 18.2 Å². The molecule has 1 aliphatic heterocycles. The summed E-state index contributed by atoms with van der Waals surface area (Å²) in [5, 5.41) is 11.4. The summed E-state index contributed by atoms with van der Waals surface area (Å²) in [6.45, 7) is 8.55. The van der Waals surface area contributed by atoms with Crippen LogP contribution in [0.2, 0.25) is 0 Å². The smallest absolute Gasteiger partial charge is 0.410 e. The fourth-order valence-electron chi connectivity index (χ4n) is 4.07. The molecule has 1 saturated heterocycles. The highest BCUT2D eigenvalue weighted by molar-refractivity contribution is 6.02. The van der Waals surface area contributed by atoms with Crippen molar-refractivity contribution in [3.05, 3.63) is 36.3 Å². The number of fused-ring (bicyclic) bond motifs is 3. The minimum Gasteiger partial charge on any atom is -0.444 e. The van der Waals surface area contributed by atoms with E-state index in [9.17, 15) is 9.90 Å². The molecule has 0 aliphatic carbocycles. The summed E-state index contributed by atoms with van der Waals surface area (Å²) in [4.78, 5) is 23.6. The maximum atomic E-state index is 12.6. The first-order valence-electron chi connectivity index (χ1n) is 10.2. The van der Waals surface area contributed by atoms with Crippen LogP contribution in [0, 0.1) is 0 Å². The summed E-state index contributed by atoms with van der Waals surface area (Å²) in [6.07, 6.45) is 2.51. The molecule has 2 aromatic heterocycles. The second kappa shape index (κ2) is 7.30. The molecule has 0 radical (unpaired) electrons. The third-order valence-corrected chi connectivity index (χ3v) is 5.24. The third-order valence-electron chi connectivity index (χ3n) is 5.24. The normalized spacial score (nSPS) is 18.9. The molecular formula is C22H28N4O3. The van der Waals surface area contributed by atoms with Crippen LogP contribution in [-0.4, -0.2) is 49.3 Å². The van der Waals surface area contributed by atoms with Gasteiger partial charge < -0.3 is 19.3 Å². The Morgan fingerprint density at radius 3 is 2.76 bits per heavy atom. The number of imidazole rings is 1. The third kappa shape index (κ3) is 3.79. The number of rotatable bonds is 2. The number of carbonyl (C=O) groups is 1. The van der Waals surface area contributed by atoms with E-state index < -0.39 is 11.7 Å². The number of hydrogen-bond donors (Lipinski definition) is 1. The van der Waals surface area contributed by atoms with Crippen LogP contribution in [0.4, 0.5) is 4.79 Å². The monoisotopic (exact) mass is 396 g/mol. The van der Waals surface area contributed by atoms with E-state index in [0.717, 1.165) is 34.8 Å². The topological polar surface area (TPSA) is 80.5 Å². The van der Waals surface area contributed by atoms with Crippen LogP contribution >= 0.6 is 0 Å². The largest absolute Gasteiger partial charge is 0.444 e. The summed E-state index contributed by atoms with van der Waals surface area (Å²) >= 11 is 0. The fourth-order valence-corrected chi connectivity index (χ4v) is 4.07. The van der Waals surface area contributed by atoms with Crippen LogP contribution in [0.5, 0.6) is 0 Å². The molecule has 29 heavy (non-hydrogen) atoms. The molecule has 0 unspecified atom stereocenters. The lowest BCUT2D eigenvalue weighted by Gasteiger charge is -2.35. The zero-order valence-electron chi connectivity index (χ0n) is 17.4. The number of pyridine rings is 1. The predicted molar refractivity (Wildman–Crippen MR) is 112 cm³/mol. The van der Waals surface area contributed by atoms with Gasteiger partial charge in [0.05, 0.1) is 23.3 Å². The first-order valence-corrected chi connectivity index (χ1v) is 10.2. The maximum absolute atomic E-state index is 12.6. The Hall–Kier alpha value is -2.67. The number of aromatic nitrogens is 3. The van der Waals surface area contributed by atoms with E-state index in [4.69, 9.17) is 4.74 Å². The SMILES string of the molecule is C[C@@H](O)c1nc2cnc3ccccc3c2n1[C@@H]1CCCN(C(=O)OC(C)(C)C)C1. The number of hydrogen-bond acceptors (Lipinski definition) is 5. The van der Waals surface area contributed by atoms with Crippen LogP contribution in [0.1, 0.15) is 58.5 Å². The lowest BCUT2D eigenvalue weighted by Crippen LogP contribution is -2.43. The molecule has 1 aliphatic rings. The van der Waals surface area contributed by atoms with Crippen molar-refractivity contribution in [2.45, 2.75) is 58.3 Å². The quantitative estimate of drug-likeness (QED) is 0.702. The van der Waals surface area contributed by atoms with Crippen molar-refractivity contribution in [2.24, 2.45) is 0 Å². The molecule has 2 atom stereocenters. The number of piperidine rings is 1. The first kappa shape index (κ1) is 19.6. The number of aliphatic hydroxyl groups excluding tert-OH is 1. The van der Waals surface area contributed by atoms with Crippen LogP contribution in [0.3, 0.4) is 0 Å². The van der Waals surface area contributed by atoms with Crippen molar-refractivity contribution in [3.63, 3.8) is 0 Å². The highest BCUT2D eigenvalue weighted by Crippen LogP contribution is 2.34. The molecule has 0 saturated carbocycles. The molecular weight excluding hydrogens is 368 g/mol. The van der Waals surface area contributed by atoms with E-state index in [0.29, 0.717) is 18.9 Å². The van der Waals surface area contributed by atoms with Crippen molar-refractivity contribution in [3.8, 4) is 0 Å². The number of nitrogens with zero attached hydrogens (tertiary/aromatic N) is 4. The van der Waals surface area contributed by atoms with Gasteiger partial charge in [0.1, 0.15) is 23.0 Å². The standard InChI is InChI=1S/C22H28N4O3/c1-14(27)20-24-18-12-23-17-10-6-5-9-16(17)19(18)26(20)15-8-7-11-25(13-15)21(28)29-22(2,3)4/h5-6,9-10,12,14-15,27H,7-8,11,13H2,1-4H3/t14-,15-/m1/s1. The molecule has 3 aromatic rings. The first-order chi connectivity index (χ1) is 13.7. The molecule has 0 bridgehead atoms. The summed E-state index contributed by atoms with van der Waals surface area (Å²) < 4.78 is 7.69. The van der Waals surface area contributed by atoms with Gasteiger partial charge in [0.2, 0.25) is 0 Å². The highest BCUT2D eigenvalue weighted by atomic mass is 16.6. The summed E-state index contributed by atoms with van der Waals surface area (Å²) in [5.74, 6) is 0.606. The lowest BCUT2D eigenvalue weighted by molar-refractivity contribution is 0.0170. The number of likely N-dealkylation sites (tertiary alicyclic amines) is 1. The van der Waals surface area contributed by atoms with E-state index in [1.807, 2.05) is 45.0 Å². The minimum absolute atomic E-state index is 0.0108. The van der Waals surface area contributed by atoms with Gasteiger partial charge in [0, 0.05) is 18.5 Å². The van der Waals surface area contributed by atoms with Crippen LogP contribution in [0.25, 0.3) is 21.9 Å². The van der Waals surface area contributed by atoms with Crippen molar-refractivity contribution < 1.29 is 14.6 Å². The van der Waals surface area contributed by atoms with Gasteiger partial charge in [-0.3, -0.25) is 4.98 Å². The number of benzene rings is 1. The zero-order chi connectivity index (χ0) is 20.8. The number of para-hydroxylation sites is 1. The van der Waals surface area contributed by atoms with Crippen LogP contribution < -0.4 is 0 Å². The van der Waals surface area contributed by atoms with Gasteiger partial charge in [-0.2, -0.15) is 0 Å². The Balaban J connectivity index is 1.79. The van der Waals surface area contributed by atoms with E-state index in [1.165, 1.54) is 0 Å². The van der Waals surface area contributed by atoms with Gasteiger partial charge >= 0.3 is 6.09 Å². The Morgan fingerprint density at radius 1 is 1.28 bits per heavy atom. The Kier molecular flexibility index (Phi) is 4.94. The number of amides is 1. The molecule has 1 N–H and O–H groups in total. The Morgan fingerprint density at radius 2 is 2.03 bits per heavy atom. The van der Waals surface area contributed by atoms with Crippen molar-refractivity contribution in [1.82, 2.24) is 19.4 Å². The molecule has 1 fully saturated rings. The van der Waals surface area contributed by atoms with E-state index >= 15 is 0 Å². The zero-order valence-corrected chi connectivity index (χ0v) is 17.4. The molecule has 154 valence electrons. The summed E-state index contributed by atoms with van der Waals surface area (Å²) in [7, 11) is 0. The van der Waals surface area contributed by atoms with Crippen LogP contribution in [-0.2, 0) is 4.74 Å². The second-order valence-corrected chi connectivity index (χ2v) is 8.75. The summed E-state index contributed by atoms with van der Waals surface area (Å²) in [6, 6.07) is 7.96. The second-order valence-electron chi connectivity index (χ2n) is 8.75. The predicted octanol–water partition coefficient (Wildman–Crippen LogP) is 4.21. The van der Waals surface area contributed by atoms with Gasteiger partial charge in [0.25, 0.3) is 0 Å². The fraction of sp³-hybridized carbons (Fsp3) is 0.500. The van der Waals surface area contributed by atoms with E-state index in [1.54, 1.807) is 18.0 Å². The number of carbonyl (C=O) groups excluding carboxylic acids is 1. The molecule has 4 rings (SSSR count). The van der Waals surface area contributed by atoms with Crippen molar-refractivity contribution in [2.75, 3.05) is 13.1 Å². The summed E-state index contributed by atoms with van der Waals surface area (Å²) in [5.41, 5.74) is 2.08. The molecule has 7 heteroatoms. The van der Waals surface area contributed by atoms with Gasteiger partial charge in [-0.25, -0.2) is 9.78 Å². The Labute approximate surface area is 170 Å². The molecule has 7 nitrogen and oxygen atoms in total. The average molecular weight is 396 g/mol. The van der Waals surface area contributed by atoms with E-state index in [2.05, 4.69) is 14.5 Å².